The van der Waals surface area contributed by atoms with Gasteiger partial charge in [-0.2, -0.15) is 0 Å². The molecule has 2 aromatic carbocycles. The number of primary amides is 1. The molecule has 3 N–H and O–H groups in total. The molecule has 6 nitrogen and oxygen atoms in total. The van der Waals surface area contributed by atoms with Gasteiger partial charge >= 0.3 is 0 Å². The Morgan fingerprint density at radius 1 is 0.963 bits per heavy atom. The fraction of sp³-hybridized carbons (Fsp3) is 0.0952. The van der Waals surface area contributed by atoms with Gasteiger partial charge in [0.25, 0.3) is 5.91 Å². The molecule has 1 heterocycles. The van der Waals surface area contributed by atoms with Crippen molar-refractivity contribution in [2.24, 2.45) is 5.73 Å². The molecular formula is C21H19N3O3. The Morgan fingerprint density at radius 3 is 2.41 bits per heavy atom. The summed E-state index contributed by atoms with van der Waals surface area (Å²) in [6.45, 7) is 0.375. The predicted molar refractivity (Wildman–Crippen MR) is 102 cm³/mol. The van der Waals surface area contributed by atoms with E-state index in [4.69, 9.17) is 10.5 Å². The molecule has 0 unspecified atom stereocenters. The van der Waals surface area contributed by atoms with Crippen molar-refractivity contribution in [3.63, 3.8) is 0 Å². The van der Waals surface area contributed by atoms with Crippen molar-refractivity contribution in [1.29, 1.82) is 0 Å². The SMILES string of the molecule is NC(=O)Cc1ccc(NC(=O)c2ccnc(OCc3ccccc3)c2)cc1. The van der Waals surface area contributed by atoms with Crippen molar-refractivity contribution in [1.82, 2.24) is 4.98 Å². The molecule has 0 atom stereocenters. The summed E-state index contributed by atoms with van der Waals surface area (Å²) >= 11 is 0. The second-order valence-electron chi connectivity index (χ2n) is 5.95. The topological polar surface area (TPSA) is 94.3 Å². The normalized spacial score (nSPS) is 10.2. The van der Waals surface area contributed by atoms with Gasteiger partial charge < -0.3 is 15.8 Å². The second-order valence-corrected chi connectivity index (χ2v) is 5.95. The molecule has 0 saturated heterocycles. The first-order valence-electron chi connectivity index (χ1n) is 8.41. The fourth-order valence-corrected chi connectivity index (χ4v) is 2.47. The van der Waals surface area contributed by atoms with Gasteiger partial charge in [0.1, 0.15) is 6.61 Å². The first kappa shape index (κ1) is 18.1. The molecule has 2 amide bonds. The number of pyridine rings is 1. The number of anilines is 1. The molecule has 3 aromatic rings. The molecule has 3 rings (SSSR count). The molecule has 1 aromatic heterocycles. The van der Waals surface area contributed by atoms with Gasteiger partial charge in [-0.1, -0.05) is 42.5 Å². The molecular weight excluding hydrogens is 342 g/mol. The lowest BCUT2D eigenvalue weighted by Crippen LogP contribution is -2.14. The summed E-state index contributed by atoms with van der Waals surface area (Å²) in [6.07, 6.45) is 1.70. The summed E-state index contributed by atoms with van der Waals surface area (Å²) in [6, 6.07) is 19.9. The molecule has 0 spiro atoms. The van der Waals surface area contributed by atoms with Crippen molar-refractivity contribution < 1.29 is 14.3 Å². The highest BCUT2D eigenvalue weighted by atomic mass is 16.5. The lowest BCUT2D eigenvalue weighted by atomic mass is 10.1. The van der Waals surface area contributed by atoms with Gasteiger partial charge in [-0.25, -0.2) is 4.98 Å². The van der Waals surface area contributed by atoms with E-state index in [0.717, 1.165) is 11.1 Å². The maximum absolute atomic E-state index is 12.4. The number of rotatable bonds is 7. The van der Waals surface area contributed by atoms with Crippen LogP contribution in [-0.4, -0.2) is 16.8 Å². The highest BCUT2D eigenvalue weighted by Crippen LogP contribution is 2.15. The predicted octanol–water partition coefficient (Wildman–Crippen LogP) is 2.94. The van der Waals surface area contributed by atoms with Crippen molar-refractivity contribution >= 4 is 17.5 Å². The van der Waals surface area contributed by atoms with Crippen LogP contribution >= 0.6 is 0 Å². The van der Waals surface area contributed by atoms with E-state index >= 15 is 0 Å². The van der Waals surface area contributed by atoms with E-state index in [9.17, 15) is 9.59 Å². The third kappa shape index (κ3) is 5.40. The molecule has 0 aliphatic rings. The van der Waals surface area contributed by atoms with Gasteiger partial charge in [0.15, 0.2) is 0 Å². The zero-order chi connectivity index (χ0) is 19.1. The van der Waals surface area contributed by atoms with Crippen molar-refractivity contribution in [2.75, 3.05) is 5.32 Å². The minimum atomic E-state index is -0.397. The fourth-order valence-electron chi connectivity index (χ4n) is 2.47. The number of carbonyl (C=O) groups excluding carboxylic acids is 2. The highest BCUT2D eigenvalue weighted by Gasteiger charge is 2.09. The molecule has 0 aliphatic carbocycles. The van der Waals surface area contributed by atoms with E-state index in [1.165, 1.54) is 6.20 Å². The van der Waals surface area contributed by atoms with Crippen molar-refractivity contribution in [3.8, 4) is 5.88 Å². The first-order valence-corrected chi connectivity index (χ1v) is 8.41. The van der Waals surface area contributed by atoms with Gasteiger partial charge in [0, 0.05) is 23.5 Å². The monoisotopic (exact) mass is 361 g/mol. The smallest absolute Gasteiger partial charge is 0.255 e. The Labute approximate surface area is 157 Å². The molecule has 0 bridgehead atoms. The number of aromatic nitrogens is 1. The van der Waals surface area contributed by atoms with Crippen LogP contribution in [0.3, 0.4) is 0 Å². The highest BCUT2D eigenvalue weighted by molar-refractivity contribution is 6.04. The molecule has 6 heteroatoms. The Hall–Kier alpha value is -3.67. The third-order valence-electron chi connectivity index (χ3n) is 3.82. The number of ether oxygens (including phenoxy) is 1. The summed E-state index contributed by atoms with van der Waals surface area (Å²) < 4.78 is 5.65. The quantitative estimate of drug-likeness (QED) is 0.676. The van der Waals surface area contributed by atoms with E-state index in [1.807, 2.05) is 30.3 Å². The van der Waals surface area contributed by atoms with Crippen LogP contribution in [0.5, 0.6) is 5.88 Å². The Morgan fingerprint density at radius 2 is 1.70 bits per heavy atom. The van der Waals surface area contributed by atoms with E-state index in [-0.39, 0.29) is 12.3 Å². The first-order chi connectivity index (χ1) is 13.1. The van der Waals surface area contributed by atoms with Gasteiger partial charge in [-0.15, -0.1) is 0 Å². The number of hydrogen-bond acceptors (Lipinski definition) is 4. The number of carbonyl (C=O) groups is 2. The zero-order valence-electron chi connectivity index (χ0n) is 14.6. The van der Waals surface area contributed by atoms with Crippen LogP contribution in [-0.2, 0) is 17.8 Å². The van der Waals surface area contributed by atoms with E-state index in [0.29, 0.717) is 23.7 Å². The average molecular weight is 361 g/mol. The number of nitrogens with one attached hydrogen (secondary N) is 1. The second kappa shape index (κ2) is 8.62. The third-order valence-corrected chi connectivity index (χ3v) is 3.82. The van der Waals surface area contributed by atoms with Gasteiger partial charge in [0.2, 0.25) is 11.8 Å². The van der Waals surface area contributed by atoms with Crippen LogP contribution in [0.1, 0.15) is 21.5 Å². The van der Waals surface area contributed by atoms with Crippen molar-refractivity contribution in [3.05, 3.63) is 89.6 Å². The standard InChI is InChI=1S/C21H19N3O3/c22-19(25)12-15-6-8-18(9-7-15)24-21(26)17-10-11-23-20(13-17)27-14-16-4-2-1-3-5-16/h1-11,13H,12,14H2,(H2,22,25)(H,24,26). The van der Waals surface area contributed by atoms with Crippen molar-refractivity contribution in [2.45, 2.75) is 13.0 Å². The van der Waals surface area contributed by atoms with Crippen LogP contribution < -0.4 is 15.8 Å². The molecule has 136 valence electrons. The molecule has 27 heavy (non-hydrogen) atoms. The summed E-state index contributed by atoms with van der Waals surface area (Å²) in [4.78, 5) is 27.5. The van der Waals surface area contributed by atoms with Crippen LogP contribution in [0, 0.1) is 0 Å². The van der Waals surface area contributed by atoms with Gasteiger partial charge in [0.05, 0.1) is 6.42 Å². The van der Waals surface area contributed by atoms with E-state index in [1.54, 1.807) is 36.4 Å². The summed E-state index contributed by atoms with van der Waals surface area (Å²) in [7, 11) is 0. The zero-order valence-corrected chi connectivity index (χ0v) is 14.6. The molecule has 0 saturated carbocycles. The van der Waals surface area contributed by atoms with E-state index in [2.05, 4.69) is 10.3 Å². The number of nitrogens with two attached hydrogens (primary N) is 1. The molecule has 0 fully saturated rings. The maximum Gasteiger partial charge on any atom is 0.255 e. The largest absolute Gasteiger partial charge is 0.473 e. The lowest BCUT2D eigenvalue weighted by Gasteiger charge is -2.08. The van der Waals surface area contributed by atoms with Crippen LogP contribution in [0.25, 0.3) is 0 Å². The van der Waals surface area contributed by atoms with Crippen LogP contribution in [0.2, 0.25) is 0 Å². The number of hydrogen-bond donors (Lipinski definition) is 2. The Bertz CT molecular complexity index is 925. The average Bonchev–Trinajstić information content (AvgIpc) is 2.68. The van der Waals surface area contributed by atoms with Crippen LogP contribution in [0.15, 0.2) is 72.9 Å². The van der Waals surface area contributed by atoms with Gasteiger partial charge in [-0.3, -0.25) is 9.59 Å². The lowest BCUT2D eigenvalue weighted by molar-refractivity contribution is -0.117. The molecule has 0 radical (unpaired) electrons. The Kier molecular flexibility index (Phi) is 5.79. The number of benzene rings is 2. The van der Waals surface area contributed by atoms with Gasteiger partial charge in [-0.05, 0) is 29.3 Å². The summed E-state index contributed by atoms with van der Waals surface area (Å²) in [5.41, 5.74) is 8.04. The molecule has 0 aliphatic heterocycles. The Balaban J connectivity index is 1.62. The summed E-state index contributed by atoms with van der Waals surface area (Å²) in [5, 5.41) is 2.80. The van der Waals surface area contributed by atoms with E-state index < -0.39 is 5.91 Å². The minimum Gasteiger partial charge on any atom is -0.473 e. The number of amides is 2. The minimum absolute atomic E-state index is 0.167. The maximum atomic E-state index is 12.4. The summed E-state index contributed by atoms with van der Waals surface area (Å²) in [5.74, 6) is -0.292. The van der Waals surface area contributed by atoms with Crippen LogP contribution in [0.4, 0.5) is 5.69 Å². The number of nitrogens with zero attached hydrogens (tertiary/aromatic N) is 1.